The molecule has 0 radical (unpaired) electrons. The van der Waals surface area contributed by atoms with Crippen LogP contribution in [0.2, 0.25) is 5.02 Å². The van der Waals surface area contributed by atoms with E-state index in [2.05, 4.69) is 12.2 Å². The van der Waals surface area contributed by atoms with Gasteiger partial charge in [-0.1, -0.05) is 68.5 Å². The molecule has 2 aromatic carbocycles. The third-order valence-electron chi connectivity index (χ3n) is 6.17. The Bertz CT molecular complexity index is 912. The number of amides is 2. The molecule has 7 heteroatoms. The fourth-order valence-corrected chi connectivity index (χ4v) is 4.55. The van der Waals surface area contributed by atoms with Crippen molar-refractivity contribution in [1.29, 1.82) is 0 Å². The second-order valence-electron chi connectivity index (χ2n) is 8.80. The molecule has 0 aromatic heterocycles. The zero-order chi connectivity index (χ0) is 24.3. The smallest absolute Gasteiger partial charge is 0.247 e. The van der Waals surface area contributed by atoms with Gasteiger partial charge in [-0.2, -0.15) is 0 Å². The topological polar surface area (TPSA) is 58.6 Å². The van der Waals surface area contributed by atoms with Crippen LogP contribution in [0.15, 0.2) is 48.5 Å². The molecular weight excluding hydrogens is 471 g/mol. The molecule has 2 amide bonds. The maximum atomic E-state index is 13.6. The van der Waals surface area contributed by atoms with Crippen LogP contribution in [0.5, 0.6) is 5.75 Å². The first-order valence-corrected chi connectivity index (χ1v) is 13.1. The van der Waals surface area contributed by atoms with Gasteiger partial charge in [-0.05, 0) is 54.7 Å². The van der Waals surface area contributed by atoms with Crippen molar-refractivity contribution < 1.29 is 14.3 Å². The lowest BCUT2D eigenvalue weighted by atomic mass is 9.94. The molecule has 0 spiro atoms. The summed E-state index contributed by atoms with van der Waals surface area (Å²) in [6, 6.07) is 14.0. The normalized spacial score (nSPS) is 14.9. The van der Waals surface area contributed by atoms with E-state index < -0.39 is 6.04 Å². The Hall–Kier alpha value is -2.24. The summed E-state index contributed by atoms with van der Waals surface area (Å²) in [5, 5.41) is 3.82. The SMILES string of the molecule is CCCCOc1ccc([C@H](C(=O)NC2CCCCC2)N(Cc2ccc(Cl)cc2)C(=O)CCl)cc1. The number of carbonyl (C=O) groups is 2. The van der Waals surface area contributed by atoms with Crippen molar-refractivity contribution in [1.82, 2.24) is 10.2 Å². The summed E-state index contributed by atoms with van der Waals surface area (Å²) in [7, 11) is 0. The molecule has 0 saturated heterocycles. The van der Waals surface area contributed by atoms with Gasteiger partial charge in [-0.3, -0.25) is 9.59 Å². The maximum absolute atomic E-state index is 13.6. The van der Waals surface area contributed by atoms with Gasteiger partial charge < -0.3 is 15.0 Å². The predicted octanol–water partition coefficient (Wildman–Crippen LogP) is 6.28. The van der Waals surface area contributed by atoms with Gasteiger partial charge >= 0.3 is 0 Å². The van der Waals surface area contributed by atoms with Crippen molar-refractivity contribution in [2.45, 2.75) is 70.5 Å². The molecule has 1 aliphatic carbocycles. The number of nitrogens with zero attached hydrogens (tertiary/aromatic N) is 1. The van der Waals surface area contributed by atoms with Gasteiger partial charge in [0, 0.05) is 17.6 Å². The van der Waals surface area contributed by atoms with E-state index in [4.69, 9.17) is 27.9 Å². The van der Waals surface area contributed by atoms with Crippen molar-refractivity contribution in [2.24, 2.45) is 0 Å². The number of unbranched alkanes of at least 4 members (excludes halogenated alkanes) is 1. The van der Waals surface area contributed by atoms with E-state index in [1.165, 1.54) is 6.42 Å². The van der Waals surface area contributed by atoms with Gasteiger partial charge in [0.2, 0.25) is 11.8 Å². The molecular formula is C27H34Cl2N2O3. The Kier molecular flexibility index (Phi) is 10.5. The molecule has 184 valence electrons. The molecule has 0 bridgehead atoms. The van der Waals surface area contributed by atoms with E-state index in [-0.39, 0.29) is 30.3 Å². The number of hydrogen-bond donors (Lipinski definition) is 1. The number of carbonyl (C=O) groups excluding carboxylic acids is 2. The molecule has 0 aliphatic heterocycles. The van der Waals surface area contributed by atoms with Crippen molar-refractivity contribution >= 4 is 35.0 Å². The maximum Gasteiger partial charge on any atom is 0.247 e. The minimum Gasteiger partial charge on any atom is -0.494 e. The number of halogens is 2. The van der Waals surface area contributed by atoms with Gasteiger partial charge in [-0.15, -0.1) is 11.6 Å². The van der Waals surface area contributed by atoms with E-state index >= 15 is 0 Å². The van der Waals surface area contributed by atoms with E-state index in [0.29, 0.717) is 11.6 Å². The molecule has 1 N–H and O–H groups in total. The lowest BCUT2D eigenvalue weighted by molar-refractivity contribution is -0.140. The van der Waals surface area contributed by atoms with E-state index in [1.807, 2.05) is 36.4 Å². The number of rotatable bonds is 11. The van der Waals surface area contributed by atoms with Crippen LogP contribution in [0.25, 0.3) is 0 Å². The molecule has 1 saturated carbocycles. The van der Waals surface area contributed by atoms with Crippen LogP contribution in [0.4, 0.5) is 0 Å². The zero-order valence-corrected chi connectivity index (χ0v) is 21.3. The molecule has 1 aliphatic rings. The van der Waals surface area contributed by atoms with Crippen LogP contribution in [0.3, 0.4) is 0 Å². The average Bonchev–Trinajstić information content (AvgIpc) is 2.86. The Morgan fingerprint density at radius 1 is 1.06 bits per heavy atom. The van der Waals surface area contributed by atoms with E-state index in [0.717, 1.165) is 55.4 Å². The Labute approximate surface area is 212 Å². The van der Waals surface area contributed by atoms with Crippen molar-refractivity contribution in [3.05, 3.63) is 64.7 Å². The van der Waals surface area contributed by atoms with Gasteiger partial charge in [0.1, 0.15) is 17.7 Å². The van der Waals surface area contributed by atoms with Crippen molar-refractivity contribution in [3.63, 3.8) is 0 Å². The first kappa shape index (κ1) is 26.4. The molecule has 0 unspecified atom stereocenters. The highest BCUT2D eigenvalue weighted by molar-refractivity contribution is 6.30. The van der Waals surface area contributed by atoms with Crippen molar-refractivity contribution in [3.8, 4) is 5.75 Å². The molecule has 1 atom stereocenters. The molecule has 2 aromatic rings. The van der Waals surface area contributed by atoms with E-state index in [9.17, 15) is 9.59 Å². The number of nitrogens with one attached hydrogen (secondary N) is 1. The zero-order valence-electron chi connectivity index (χ0n) is 19.8. The first-order chi connectivity index (χ1) is 16.5. The first-order valence-electron chi connectivity index (χ1n) is 12.1. The predicted molar refractivity (Wildman–Crippen MR) is 137 cm³/mol. The highest BCUT2D eigenvalue weighted by Gasteiger charge is 2.32. The van der Waals surface area contributed by atoms with Crippen LogP contribution in [-0.4, -0.2) is 35.2 Å². The lowest BCUT2D eigenvalue weighted by Gasteiger charge is -2.33. The number of hydrogen-bond acceptors (Lipinski definition) is 3. The summed E-state index contributed by atoms with van der Waals surface area (Å²) in [5.74, 6) is 0.0539. The third kappa shape index (κ3) is 7.64. The van der Waals surface area contributed by atoms with Gasteiger partial charge in [-0.25, -0.2) is 0 Å². The van der Waals surface area contributed by atoms with Crippen LogP contribution >= 0.6 is 23.2 Å². The van der Waals surface area contributed by atoms with Crippen molar-refractivity contribution in [2.75, 3.05) is 12.5 Å². The number of benzene rings is 2. The van der Waals surface area contributed by atoms with Gasteiger partial charge in [0.25, 0.3) is 0 Å². The summed E-state index contributed by atoms with van der Waals surface area (Å²) in [5.41, 5.74) is 1.60. The van der Waals surface area contributed by atoms with Gasteiger partial charge in [0.15, 0.2) is 0 Å². The summed E-state index contributed by atoms with van der Waals surface area (Å²) in [4.78, 5) is 28.2. The molecule has 34 heavy (non-hydrogen) atoms. The highest BCUT2D eigenvalue weighted by Crippen LogP contribution is 2.28. The van der Waals surface area contributed by atoms with Crippen LogP contribution in [0, 0.1) is 0 Å². The Morgan fingerprint density at radius 3 is 2.35 bits per heavy atom. The second kappa shape index (κ2) is 13.6. The Morgan fingerprint density at radius 2 is 1.74 bits per heavy atom. The minimum atomic E-state index is -0.798. The van der Waals surface area contributed by atoms with Gasteiger partial charge in [0.05, 0.1) is 6.61 Å². The summed E-state index contributed by atoms with van der Waals surface area (Å²) in [6.45, 7) is 3.01. The number of alkyl halides is 1. The average molecular weight is 505 g/mol. The number of ether oxygens (including phenoxy) is 1. The summed E-state index contributed by atoms with van der Waals surface area (Å²) >= 11 is 12.0. The van der Waals surface area contributed by atoms with Crippen LogP contribution in [0.1, 0.15) is 69.0 Å². The van der Waals surface area contributed by atoms with E-state index in [1.54, 1.807) is 17.0 Å². The fourth-order valence-electron chi connectivity index (χ4n) is 4.27. The highest BCUT2D eigenvalue weighted by atomic mass is 35.5. The van der Waals surface area contributed by atoms with Crippen LogP contribution in [-0.2, 0) is 16.1 Å². The molecule has 5 nitrogen and oxygen atoms in total. The quantitative estimate of drug-likeness (QED) is 0.289. The third-order valence-corrected chi connectivity index (χ3v) is 6.66. The fraction of sp³-hybridized carbons (Fsp3) is 0.481. The largest absolute Gasteiger partial charge is 0.494 e. The molecule has 1 fully saturated rings. The standard InChI is InChI=1S/C27H34Cl2N2O3/c1-2-3-17-34-24-15-11-21(12-16-24)26(27(33)30-23-7-5-4-6-8-23)31(25(32)18-28)19-20-9-13-22(29)14-10-20/h9-16,23,26H,2-8,17-19H2,1H3,(H,30,33)/t26-/m1/s1. The monoisotopic (exact) mass is 504 g/mol. The molecule has 0 heterocycles. The second-order valence-corrected chi connectivity index (χ2v) is 9.50. The lowest BCUT2D eigenvalue weighted by Crippen LogP contribution is -2.47. The summed E-state index contributed by atoms with van der Waals surface area (Å²) in [6.07, 6.45) is 7.37. The Balaban J connectivity index is 1.89. The van der Waals surface area contributed by atoms with Crippen LogP contribution < -0.4 is 10.1 Å². The summed E-state index contributed by atoms with van der Waals surface area (Å²) < 4.78 is 5.78. The molecule has 3 rings (SSSR count). The minimum absolute atomic E-state index is 0.129.